The minimum atomic E-state index is 0.0441. The second-order valence-electron chi connectivity index (χ2n) is 4.66. The molecule has 1 fully saturated rings. The first-order valence-electron chi connectivity index (χ1n) is 6.62. The van der Waals surface area contributed by atoms with E-state index in [1.54, 1.807) is 24.3 Å². The van der Waals surface area contributed by atoms with Crippen LogP contribution in [-0.4, -0.2) is 31.6 Å². The summed E-state index contributed by atoms with van der Waals surface area (Å²) in [5.74, 6) is 0.777. The van der Waals surface area contributed by atoms with Gasteiger partial charge in [-0.25, -0.2) is 0 Å². The van der Waals surface area contributed by atoms with Crippen LogP contribution in [0.3, 0.4) is 0 Å². The molecular formula is C14H19ClN2O2. The Morgan fingerprint density at radius 3 is 2.89 bits per heavy atom. The molecule has 0 saturated carbocycles. The average Bonchev–Trinajstić information content (AvgIpc) is 2.42. The zero-order chi connectivity index (χ0) is 13.5. The molecule has 0 bridgehead atoms. The topological polar surface area (TPSA) is 50.4 Å². The molecule has 19 heavy (non-hydrogen) atoms. The number of ether oxygens (including phenoxy) is 1. The molecule has 0 aliphatic carbocycles. The molecule has 0 aromatic heterocycles. The molecule has 1 saturated heterocycles. The lowest BCUT2D eigenvalue weighted by Crippen LogP contribution is -2.45. The Morgan fingerprint density at radius 1 is 1.42 bits per heavy atom. The van der Waals surface area contributed by atoms with E-state index in [9.17, 15) is 4.79 Å². The van der Waals surface area contributed by atoms with E-state index in [0.29, 0.717) is 18.1 Å². The number of nitrogens with one attached hydrogen (secondary N) is 2. The zero-order valence-corrected chi connectivity index (χ0v) is 11.6. The van der Waals surface area contributed by atoms with Gasteiger partial charge in [0, 0.05) is 17.6 Å². The highest BCUT2D eigenvalue weighted by Crippen LogP contribution is 2.15. The molecule has 0 unspecified atom stereocenters. The van der Waals surface area contributed by atoms with Crippen LogP contribution in [0, 0.1) is 0 Å². The third-order valence-electron chi connectivity index (χ3n) is 3.07. The summed E-state index contributed by atoms with van der Waals surface area (Å²) >= 11 is 5.78. The van der Waals surface area contributed by atoms with E-state index >= 15 is 0 Å². The number of halogens is 1. The summed E-state index contributed by atoms with van der Waals surface area (Å²) in [5, 5.41) is 6.96. The van der Waals surface area contributed by atoms with Gasteiger partial charge in [-0.05, 0) is 43.7 Å². The molecule has 0 spiro atoms. The monoisotopic (exact) mass is 282 g/mol. The quantitative estimate of drug-likeness (QED) is 0.868. The van der Waals surface area contributed by atoms with Gasteiger partial charge in [0.1, 0.15) is 5.75 Å². The van der Waals surface area contributed by atoms with Gasteiger partial charge in [-0.3, -0.25) is 4.79 Å². The first-order valence-corrected chi connectivity index (χ1v) is 7.00. The third-order valence-corrected chi connectivity index (χ3v) is 3.33. The Hall–Kier alpha value is -1.26. The lowest BCUT2D eigenvalue weighted by atomic mass is 10.1. The molecule has 4 nitrogen and oxygen atoms in total. The van der Waals surface area contributed by atoms with Crippen LogP contribution in [0.2, 0.25) is 5.02 Å². The Labute approximate surface area is 118 Å². The van der Waals surface area contributed by atoms with Gasteiger partial charge in [-0.1, -0.05) is 11.6 Å². The molecule has 1 atom stereocenters. The minimum absolute atomic E-state index is 0.0441. The average molecular weight is 283 g/mol. The van der Waals surface area contributed by atoms with Crippen molar-refractivity contribution in [1.82, 2.24) is 10.6 Å². The van der Waals surface area contributed by atoms with Gasteiger partial charge in [0.25, 0.3) is 0 Å². The molecular weight excluding hydrogens is 264 g/mol. The van der Waals surface area contributed by atoms with Crippen LogP contribution in [0.25, 0.3) is 0 Å². The molecule has 1 amide bonds. The summed E-state index contributed by atoms with van der Waals surface area (Å²) in [6.07, 6.45) is 2.54. The summed E-state index contributed by atoms with van der Waals surface area (Å²) in [6.45, 7) is 2.30. The van der Waals surface area contributed by atoms with Crippen LogP contribution in [0.5, 0.6) is 5.75 Å². The van der Waals surface area contributed by atoms with E-state index in [-0.39, 0.29) is 11.9 Å². The van der Waals surface area contributed by atoms with Gasteiger partial charge in [0.05, 0.1) is 13.0 Å². The summed E-state index contributed by atoms with van der Waals surface area (Å²) < 4.78 is 5.49. The first kappa shape index (κ1) is 14.2. The van der Waals surface area contributed by atoms with Crippen LogP contribution in [0.1, 0.15) is 19.3 Å². The molecule has 2 rings (SSSR count). The Balaban J connectivity index is 1.64. The number of rotatable bonds is 5. The fourth-order valence-electron chi connectivity index (χ4n) is 2.07. The van der Waals surface area contributed by atoms with Crippen molar-refractivity contribution in [1.29, 1.82) is 0 Å². The number of hydrogen-bond donors (Lipinski definition) is 2. The standard InChI is InChI=1S/C14H19ClN2O2/c15-11-3-5-13(6-4-11)19-9-7-14(18)17-12-2-1-8-16-10-12/h3-6,12,16H,1-2,7-10H2,(H,17,18)/t12-/m0/s1. The molecule has 1 aliphatic heterocycles. The van der Waals surface area contributed by atoms with E-state index in [0.717, 1.165) is 31.7 Å². The van der Waals surface area contributed by atoms with E-state index < -0.39 is 0 Å². The predicted molar refractivity (Wildman–Crippen MR) is 75.6 cm³/mol. The van der Waals surface area contributed by atoms with Crippen molar-refractivity contribution in [2.75, 3.05) is 19.7 Å². The van der Waals surface area contributed by atoms with Crippen LogP contribution in [-0.2, 0) is 4.79 Å². The highest BCUT2D eigenvalue weighted by Gasteiger charge is 2.14. The SMILES string of the molecule is O=C(CCOc1ccc(Cl)cc1)N[C@H]1CCCNC1. The van der Waals surface area contributed by atoms with E-state index in [2.05, 4.69) is 10.6 Å². The number of carbonyl (C=O) groups excluding carboxylic acids is 1. The van der Waals surface area contributed by atoms with Gasteiger partial charge in [0.2, 0.25) is 5.91 Å². The second kappa shape index (κ2) is 7.36. The maximum absolute atomic E-state index is 11.7. The molecule has 5 heteroatoms. The van der Waals surface area contributed by atoms with Crippen molar-refractivity contribution in [3.05, 3.63) is 29.3 Å². The van der Waals surface area contributed by atoms with Crippen molar-refractivity contribution in [3.8, 4) is 5.75 Å². The number of piperidine rings is 1. The van der Waals surface area contributed by atoms with Crippen molar-refractivity contribution in [2.24, 2.45) is 0 Å². The lowest BCUT2D eigenvalue weighted by Gasteiger charge is -2.23. The van der Waals surface area contributed by atoms with Gasteiger partial charge < -0.3 is 15.4 Å². The largest absolute Gasteiger partial charge is 0.493 e. The Bertz CT molecular complexity index is 402. The maximum Gasteiger partial charge on any atom is 0.223 e. The predicted octanol–water partition coefficient (Wildman–Crippen LogP) is 1.98. The van der Waals surface area contributed by atoms with E-state index in [1.165, 1.54) is 0 Å². The number of amides is 1. The lowest BCUT2D eigenvalue weighted by molar-refractivity contribution is -0.122. The van der Waals surface area contributed by atoms with Gasteiger partial charge in [0.15, 0.2) is 0 Å². The van der Waals surface area contributed by atoms with Gasteiger partial charge in [-0.15, -0.1) is 0 Å². The summed E-state index contributed by atoms with van der Waals surface area (Å²) in [5.41, 5.74) is 0. The maximum atomic E-state index is 11.7. The van der Waals surface area contributed by atoms with Crippen LogP contribution < -0.4 is 15.4 Å². The van der Waals surface area contributed by atoms with Crippen molar-refractivity contribution in [2.45, 2.75) is 25.3 Å². The third kappa shape index (κ3) is 5.09. The van der Waals surface area contributed by atoms with E-state index in [4.69, 9.17) is 16.3 Å². The smallest absolute Gasteiger partial charge is 0.223 e. The number of carbonyl (C=O) groups is 1. The fraction of sp³-hybridized carbons (Fsp3) is 0.500. The van der Waals surface area contributed by atoms with Crippen LogP contribution in [0.15, 0.2) is 24.3 Å². The molecule has 1 aliphatic rings. The fourth-order valence-corrected chi connectivity index (χ4v) is 2.19. The van der Waals surface area contributed by atoms with Crippen LogP contribution in [0.4, 0.5) is 0 Å². The second-order valence-corrected chi connectivity index (χ2v) is 5.10. The van der Waals surface area contributed by atoms with E-state index in [1.807, 2.05) is 0 Å². The summed E-state index contributed by atoms with van der Waals surface area (Å²) in [4.78, 5) is 11.7. The Morgan fingerprint density at radius 2 is 2.21 bits per heavy atom. The summed E-state index contributed by atoms with van der Waals surface area (Å²) in [7, 11) is 0. The normalized spacial score (nSPS) is 18.9. The van der Waals surface area contributed by atoms with Crippen LogP contribution >= 0.6 is 11.6 Å². The highest BCUT2D eigenvalue weighted by molar-refractivity contribution is 6.30. The molecule has 2 N–H and O–H groups in total. The molecule has 0 radical (unpaired) electrons. The van der Waals surface area contributed by atoms with Gasteiger partial charge >= 0.3 is 0 Å². The molecule has 1 aromatic carbocycles. The van der Waals surface area contributed by atoms with Crippen molar-refractivity contribution in [3.63, 3.8) is 0 Å². The molecule has 1 heterocycles. The number of hydrogen-bond acceptors (Lipinski definition) is 3. The minimum Gasteiger partial charge on any atom is -0.493 e. The zero-order valence-electron chi connectivity index (χ0n) is 10.8. The number of benzene rings is 1. The van der Waals surface area contributed by atoms with Crippen molar-refractivity contribution < 1.29 is 9.53 Å². The summed E-state index contributed by atoms with van der Waals surface area (Å²) in [6, 6.07) is 7.39. The van der Waals surface area contributed by atoms with Gasteiger partial charge in [-0.2, -0.15) is 0 Å². The molecule has 104 valence electrons. The molecule has 1 aromatic rings. The highest BCUT2D eigenvalue weighted by atomic mass is 35.5. The van der Waals surface area contributed by atoms with Crippen molar-refractivity contribution >= 4 is 17.5 Å². The first-order chi connectivity index (χ1) is 9.24. The Kier molecular flexibility index (Phi) is 5.48.